The van der Waals surface area contributed by atoms with E-state index < -0.39 is 0 Å². The predicted molar refractivity (Wildman–Crippen MR) is 85.9 cm³/mol. The fraction of sp³-hybridized carbons (Fsp3) is 0.357. The number of nitrogens with two attached hydrogens (primary N) is 1. The molecule has 0 saturated heterocycles. The molecule has 0 bridgehead atoms. The normalized spacial score (nSPS) is 10.7. The third kappa shape index (κ3) is 3.78. The van der Waals surface area contributed by atoms with Gasteiger partial charge < -0.3 is 10.6 Å². The van der Waals surface area contributed by atoms with E-state index in [4.69, 9.17) is 5.73 Å². The molecule has 19 heavy (non-hydrogen) atoms. The lowest BCUT2D eigenvalue weighted by molar-refractivity contribution is 0.870. The largest absolute Gasteiger partial charge is 0.368 e. The van der Waals surface area contributed by atoms with Gasteiger partial charge in [-0.1, -0.05) is 22.0 Å². The van der Waals surface area contributed by atoms with E-state index in [-0.39, 0.29) is 0 Å². The Kier molecular flexibility index (Phi) is 4.96. The minimum atomic E-state index is 0.665. The van der Waals surface area contributed by atoms with E-state index >= 15 is 0 Å². The second-order valence-electron chi connectivity index (χ2n) is 4.53. The monoisotopic (exact) mass is 339 g/mol. The SMILES string of the molecule is Cc1nc(CN(C)c2cc(Br)ccc2CCN)cs1. The molecule has 0 atom stereocenters. The molecule has 102 valence electrons. The number of halogens is 1. The Morgan fingerprint density at radius 3 is 2.84 bits per heavy atom. The third-order valence-electron chi connectivity index (χ3n) is 2.94. The number of hydrogen-bond donors (Lipinski definition) is 1. The van der Waals surface area contributed by atoms with Crippen molar-refractivity contribution in [3.63, 3.8) is 0 Å². The van der Waals surface area contributed by atoms with Crippen LogP contribution in [0, 0.1) is 6.92 Å². The molecule has 0 aliphatic rings. The minimum absolute atomic E-state index is 0.665. The van der Waals surface area contributed by atoms with Crippen LogP contribution in [0.5, 0.6) is 0 Å². The maximum atomic E-state index is 5.68. The van der Waals surface area contributed by atoms with Crippen LogP contribution in [-0.4, -0.2) is 18.6 Å². The molecule has 0 aliphatic heterocycles. The van der Waals surface area contributed by atoms with Crippen molar-refractivity contribution in [2.24, 2.45) is 5.73 Å². The van der Waals surface area contributed by atoms with Crippen LogP contribution < -0.4 is 10.6 Å². The second kappa shape index (κ2) is 6.50. The molecule has 1 aromatic carbocycles. The number of rotatable bonds is 5. The Hall–Kier alpha value is -0.910. The minimum Gasteiger partial charge on any atom is -0.368 e. The molecule has 2 N–H and O–H groups in total. The Labute approximate surface area is 126 Å². The van der Waals surface area contributed by atoms with Crippen molar-refractivity contribution in [3.8, 4) is 0 Å². The molecular weight excluding hydrogens is 322 g/mol. The van der Waals surface area contributed by atoms with Gasteiger partial charge in [0.2, 0.25) is 0 Å². The van der Waals surface area contributed by atoms with Gasteiger partial charge in [-0.15, -0.1) is 11.3 Å². The van der Waals surface area contributed by atoms with Crippen LogP contribution in [0.15, 0.2) is 28.1 Å². The molecule has 0 spiro atoms. The molecule has 0 unspecified atom stereocenters. The van der Waals surface area contributed by atoms with E-state index in [9.17, 15) is 0 Å². The van der Waals surface area contributed by atoms with Gasteiger partial charge in [-0.2, -0.15) is 0 Å². The van der Waals surface area contributed by atoms with E-state index in [2.05, 4.69) is 56.4 Å². The van der Waals surface area contributed by atoms with Gasteiger partial charge in [-0.3, -0.25) is 0 Å². The summed E-state index contributed by atoms with van der Waals surface area (Å²) < 4.78 is 1.09. The fourth-order valence-electron chi connectivity index (χ4n) is 2.07. The first-order chi connectivity index (χ1) is 9.10. The lowest BCUT2D eigenvalue weighted by Crippen LogP contribution is -2.19. The third-order valence-corrected chi connectivity index (χ3v) is 4.25. The summed E-state index contributed by atoms with van der Waals surface area (Å²) in [5.74, 6) is 0. The second-order valence-corrected chi connectivity index (χ2v) is 6.50. The topological polar surface area (TPSA) is 42.2 Å². The molecule has 1 heterocycles. The first-order valence-corrected chi connectivity index (χ1v) is 7.88. The Morgan fingerprint density at radius 2 is 2.21 bits per heavy atom. The zero-order chi connectivity index (χ0) is 13.8. The summed E-state index contributed by atoms with van der Waals surface area (Å²) in [6.45, 7) is 3.52. The van der Waals surface area contributed by atoms with E-state index in [1.807, 2.05) is 6.92 Å². The average Bonchev–Trinajstić information content (AvgIpc) is 2.77. The van der Waals surface area contributed by atoms with Crippen molar-refractivity contribution in [1.29, 1.82) is 0 Å². The first kappa shape index (κ1) is 14.5. The Bertz CT molecular complexity index is 553. The zero-order valence-corrected chi connectivity index (χ0v) is 13.6. The van der Waals surface area contributed by atoms with Crippen LogP contribution in [0.25, 0.3) is 0 Å². The van der Waals surface area contributed by atoms with E-state index in [0.717, 1.165) is 28.1 Å². The van der Waals surface area contributed by atoms with Crippen molar-refractivity contribution in [1.82, 2.24) is 4.98 Å². The quantitative estimate of drug-likeness (QED) is 0.908. The van der Waals surface area contributed by atoms with Crippen LogP contribution in [0.3, 0.4) is 0 Å². The molecule has 5 heteroatoms. The van der Waals surface area contributed by atoms with Crippen LogP contribution in [0.1, 0.15) is 16.3 Å². The molecule has 3 nitrogen and oxygen atoms in total. The highest BCUT2D eigenvalue weighted by Crippen LogP contribution is 2.26. The molecule has 0 saturated carbocycles. The van der Waals surface area contributed by atoms with Gasteiger partial charge >= 0.3 is 0 Å². The molecule has 0 fully saturated rings. The van der Waals surface area contributed by atoms with Gasteiger partial charge in [-0.25, -0.2) is 4.98 Å². The number of nitrogens with zero attached hydrogens (tertiary/aromatic N) is 2. The van der Waals surface area contributed by atoms with Crippen LogP contribution in [0.4, 0.5) is 5.69 Å². The highest BCUT2D eigenvalue weighted by molar-refractivity contribution is 9.10. The van der Waals surface area contributed by atoms with Crippen molar-refractivity contribution in [3.05, 3.63) is 44.3 Å². The number of anilines is 1. The summed E-state index contributed by atoms with van der Waals surface area (Å²) in [5.41, 5.74) is 9.29. The highest BCUT2D eigenvalue weighted by Gasteiger charge is 2.10. The van der Waals surface area contributed by atoms with Gasteiger partial charge in [0.15, 0.2) is 0 Å². The van der Waals surface area contributed by atoms with E-state index in [0.29, 0.717) is 6.54 Å². The maximum absolute atomic E-state index is 5.68. The van der Waals surface area contributed by atoms with E-state index in [1.54, 1.807) is 11.3 Å². The summed E-state index contributed by atoms with van der Waals surface area (Å²) in [6, 6.07) is 6.34. The predicted octanol–water partition coefficient (Wildman–Crippen LogP) is 3.35. The van der Waals surface area contributed by atoms with Crippen molar-refractivity contribution < 1.29 is 0 Å². The van der Waals surface area contributed by atoms with Crippen molar-refractivity contribution >= 4 is 33.0 Å². The standard InChI is InChI=1S/C14H18BrN3S/c1-10-17-13(9-19-10)8-18(2)14-7-12(15)4-3-11(14)5-6-16/h3-4,7,9H,5-6,8,16H2,1-2H3. The highest BCUT2D eigenvalue weighted by atomic mass is 79.9. The van der Waals surface area contributed by atoms with Gasteiger partial charge in [-0.05, 0) is 37.6 Å². The summed E-state index contributed by atoms with van der Waals surface area (Å²) in [7, 11) is 2.09. The van der Waals surface area contributed by atoms with Gasteiger partial charge in [0.05, 0.1) is 17.2 Å². The van der Waals surface area contributed by atoms with Crippen molar-refractivity contribution in [2.45, 2.75) is 19.9 Å². The fourth-order valence-corrected chi connectivity index (χ4v) is 3.02. The number of aromatic nitrogens is 1. The summed E-state index contributed by atoms with van der Waals surface area (Å²) in [5, 5.41) is 3.23. The summed E-state index contributed by atoms with van der Waals surface area (Å²) in [6.07, 6.45) is 0.892. The lowest BCUT2D eigenvalue weighted by atomic mass is 10.1. The van der Waals surface area contributed by atoms with Crippen LogP contribution in [-0.2, 0) is 13.0 Å². The van der Waals surface area contributed by atoms with Crippen LogP contribution >= 0.6 is 27.3 Å². The first-order valence-electron chi connectivity index (χ1n) is 6.21. The summed E-state index contributed by atoms with van der Waals surface area (Å²) in [4.78, 5) is 6.74. The number of hydrogen-bond acceptors (Lipinski definition) is 4. The molecule has 0 aliphatic carbocycles. The smallest absolute Gasteiger partial charge is 0.0898 e. The van der Waals surface area contributed by atoms with E-state index in [1.165, 1.54) is 11.3 Å². The van der Waals surface area contributed by atoms with Crippen LogP contribution in [0.2, 0.25) is 0 Å². The molecule has 0 radical (unpaired) electrons. The Morgan fingerprint density at radius 1 is 1.42 bits per heavy atom. The van der Waals surface area contributed by atoms with Gasteiger partial charge in [0, 0.05) is 22.6 Å². The maximum Gasteiger partial charge on any atom is 0.0898 e. The molecule has 1 aromatic heterocycles. The molecule has 0 amide bonds. The number of aryl methyl sites for hydroxylation is 1. The Balaban J connectivity index is 2.21. The van der Waals surface area contributed by atoms with Gasteiger partial charge in [0.1, 0.15) is 0 Å². The van der Waals surface area contributed by atoms with Gasteiger partial charge in [0.25, 0.3) is 0 Å². The number of benzene rings is 1. The van der Waals surface area contributed by atoms with Crippen molar-refractivity contribution in [2.75, 3.05) is 18.5 Å². The molecule has 2 rings (SSSR count). The number of thiazole rings is 1. The summed E-state index contributed by atoms with van der Waals surface area (Å²) >= 11 is 5.23. The zero-order valence-electron chi connectivity index (χ0n) is 11.2. The molecular formula is C14H18BrN3S. The lowest BCUT2D eigenvalue weighted by Gasteiger charge is -2.22. The molecule has 2 aromatic rings. The average molecular weight is 340 g/mol.